The lowest BCUT2D eigenvalue weighted by atomic mass is 10.0. The van der Waals surface area contributed by atoms with Crippen molar-refractivity contribution in [1.82, 2.24) is 4.90 Å². The number of hydrogen-bond acceptors (Lipinski definition) is 3. The van der Waals surface area contributed by atoms with Gasteiger partial charge in [-0.15, -0.1) is 0 Å². The van der Waals surface area contributed by atoms with Crippen molar-refractivity contribution in [2.75, 3.05) is 19.0 Å². The molecule has 0 aromatic heterocycles. The molecule has 1 aliphatic heterocycles. The summed E-state index contributed by atoms with van der Waals surface area (Å²) in [5.74, 6) is -0.391. The Bertz CT molecular complexity index is 494. The van der Waals surface area contributed by atoms with Crippen LogP contribution in [-0.2, 0) is 9.59 Å². The average Bonchev–Trinajstić information content (AvgIpc) is 2.51. The molecule has 1 unspecified atom stereocenters. The van der Waals surface area contributed by atoms with Crippen molar-refractivity contribution in [3.8, 4) is 0 Å². The predicted molar refractivity (Wildman–Crippen MR) is 65.8 cm³/mol. The monoisotopic (exact) mass is 232 g/mol. The van der Waals surface area contributed by atoms with E-state index in [1.807, 2.05) is 44.1 Å². The molecule has 1 heterocycles. The van der Waals surface area contributed by atoms with Crippen LogP contribution in [0, 0.1) is 6.92 Å². The van der Waals surface area contributed by atoms with Crippen LogP contribution in [0.5, 0.6) is 0 Å². The number of benzene rings is 1. The molecule has 1 aromatic rings. The molecule has 0 saturated carbocycles. The number of aryl methyl sites for hydroxylation is 1. The zero-order valence-corrected chi connectivity index (χ0v) is 10.5. The summed E-state index contributed by atoms with van der Waals surface area (Å²) in [6, 6.07) is 5.31. The van der Waals surface area contributed by atoms with Crippen LogP contribution in [0.4, 0.5) is 5.69 Å². The molecule has 0 spiro atoms. The van der Waals surface area contributed by atoms with Gasteiger partial charge in [0, 0.05) is 12.5 Å². The van der Waals surface area contributed by atoms with E-state index in [-0.39, 0.29) is 17.9 Å². The van der Waals surface area contributed by atoms with Gasteiger partial charge in [0.1, 0.15) is 6.04 Å². The second-order valence-corrected chi connectivity index (χ2v) is 4.57. The van der Waals surface area contributed by atoms with Gasteiger partial charge in [-0.25, -0.2) is 4.90 Å². The van der Waals surface area contributed by atoms with Crippen molar-refractivity contribution in [3.63, 3.8) is 0 Å². The standard InChI is InChI=1S/C13H16N2O2/c1-8-6-5-7-10-11(8)12(14(3)4)13(17)15(10)9(2)16/h5-7,12H,1-4H3. The molecule has 0 saturated heterocycles. The van der Waals surface area contributed by atoms with E-state index in [1.54, 1.807) is 0 Å². The van der Waals surface area contributed by atoms with Crippen LogP contribution < -0.4 is 4.90 Å². The molecule has 4 nitrogen and oxygen atoms in total. The number of anilines is 1. The number of fused-ring (bicyclic) bond motifs is 1. The minimum Gasteiger partial charge on any atom is -0.294 e. The fourth-order valence-electron chi connectivity index (χ4n) is 2.38. The van der Waals surface area contributed by atoms with Crippen LogP contribution in [0.2, 0.25) is 0 Å². The molecule has 0 N–H and O–H groups in total. The summed E-state index contributed by atoms with van der Waals surface area (Å²) in [6.45, 7) is 3.38. The molecule has 4 heteroatoms. The Morgan fingerprint density at radius 1 is 1.35 bits per heavy atom. The molecular formula is C13H16N2O2. The lowest BCUT2D eigenvalue weighted by Gasteiger charge is -2.19. The molecule has 90 valence electrons. The number of hydrogen-bond donors (Lipinski definition) is 0. The molecule has 1 aromatic carbocycles. The first-order chi connectivity index (χ1) is 7.95. The Labute approximate surface area is 101 Å². The molecule has 1 aliphatic rings. The van der Waals surface area contributed by atoms with E-state index < -0.39 is 0 Å². The predicted octanol–water partition coefficient (Wildman–Crippen LogP) is 1.49. The topological polar surface area (TPSA) is 40.6 Å². The number of carbonyl (C=O) groups is 2. The third-order valence-corrected chi connectivity index (χ3v) is 3.10. The van der Waals surface area contributed by atoms with E-state index in [1.165, 1.54) is 11.8 Å². The maximum Gasteiger partial charge on any atom is 0.255 e. The van der Waals surface area contributed by atoms with Crippen molar-refractivity contribution in [1.29, 1.82) is 0 Å². The van der Waals surface area contributed by atoms with Gasteiger partial charge in [0.15, 0.2) is 0 Å². The van der Waals surface area contributed by atoms with Crippen molar-refractivity contribution >= 4 is 17.5 Å². The highest BCUT2D eigenvalue weighted by Gasteiger charge is 2.41. The van der Waals surface area contributed by atoms with E-state index >= 15 is 0 Å². The Hall–Kier alpha value is -1.68. The zero-order valence-electron chi connectivity index (χ0n) is 10.5. The van der Waals surface area contributed by atoms with E-state index in [9.17, 15) is 9.59 Å². The second-order valence-electron chi connectivity index (χ2n) is 4.57. The van der Waals surface area contributed by atoms with E-state index in [0.717, 1.165) is 16.8 Å². The number of imide groups is 1. The summed E-state index contributed by atoms with van der Waals surface area (Å²) in [4.78, 5) is 27.0. The molecular weight excluding hydrogens is 216 g/mol. The largest absolute Gasteiger partial charge is 0.294 e. The van der Waals surface area contributed by atoms with Gasteiger partial charge in [0.2, 0.25) is 5.91 Å². The number of likely N-dealkylation sites (N-methyl/N-ethyl adjacent to an activating group) is 1. The smallest absolute Gasteiger partial charge is 0.255 e. The van der Waals surface area contributed by atoms with Crippen molar-refractivity contribution < 1.29 is 9.59 Å². The molecule has 0 bridgehead atoms. The summed E-state index contributed by atoms with van der Waals surface area (Å²) in [6.07, 6.45) is 0. The van der Waals surface area contributed by atoms with Gasteiger partial charge in [-0.3, -0.25) is 14.5 Å². The van der Waals surface area contributed by atoms with Crippen LogP contribution in [0.1, 0.15) is 24.1 Å². The van der Waals surface area contributed by atoms with Crippen molar-refractivity contribution in [2.45, 2.75) is 19.9 Å². The number of amides is 2. The van der Waals surface area contributed by atoms with Crippen LogP contribution in [0.15, 0.2) is 18.2 Å². The van der Waals surface area contributed by atoms with Gasteiger partial charge >= 0.3 is 0 Å². The Balaban J connectivity index is 2.65. The van der Waals surface area contributed by atoms with Gasteiger partial charge < -0.3 is 0 Å². The number of nitrogens with zero attached hydrogens (tertiary/aromatic N) is 2. The minimum atomic E-state index is -0.352. The maximum absolute atomic E-state index is 12.3. The lowest BCUT2D eigenvalue weighted by molar-refractivity contribution is -0.127. The molecule has 0 radical (unpaired) electrons. The fourth-order valence-corrected chi connectivity index (χ4v) is 2.38. The Morgan fingerprint density at radius 3 is 2.53 bits per heavy atom. The van der Waals surface area contributed by atoms with Gasteiger partial charge in [-0.05, 0) is 32.6 Å². The molecule has 1 atom stereocenters. The first-order valence-electron chi connectivity index (χ1n) is 5.55. The third kappa shape index (κ3) is 1.65. The van der Waals surface area contributed by atoms with Crippen LogP contribution in [0.3, 0.4) is 0 Å². The quantitative estimate of drug-likeness (QED) is 0.736. The summed E-state index contributed by atoms with van der Waals surface area (Å²) in [7, 11) is 3.70. The minimum absolute atomic E-state index is 0.160. The first kappa shape index (κ1) is 11.8. The van der Waals surface area contributed by atoms with Crippen LogP contribution in [-0.4, -0.2) is 30.8 Å². The van der Waals surface area contributed by atoms with Gasteiger partial charge in [-0.1, -0.05) is 12.1 Å². The highest BCUT2D eigenvalue weighted by molar-refractivity contribution is 6.20. The number of rotatable bonds is 1. The SMILES string of the molecule is CC(=O)N1C(=O)C(N(C)C)c2c(C)cccc21. The Morgan fingerprint density at radius 2 is 2.00 bits per heavy atom. The lowest BCUT2D eigenvalue weighted by Crippen LogP contribution is -2.37. The molecule has 0 fully saturated rings. The highest BCUT2D eigenvalue weighted by Crippen LogP contribution is 2.40. The normalized spacial score (nSPS) is 18.8. The summed E-state index contributed by atoms with van der Waals surface area (Å²) < 4.78 is 0. The molecule has 2 rings (SSSR count). The summed E-state index contributed by atoms with van der Waals surface area (Å²) in [5, 5.41) is 0. The van der Waals surface area contributed by atoms with E-state index in [0.29, 0.717) is 0 Å². The molecule has 17 heavy (non-hydrogen) atoms. The Kier molecular flexibility index (Phi) is 2.75. The second kappa shape index (κ2) is 3.96. The van der Waals surface area contributed by atoms with Gasteiger partial charge in [0.25, 0.3) is 5.91 Å². The highest BCUT2D eigenvalue weighted by atomic mass is 16.2. The first-order valence-corrected chi connectivity index (χ1v) is 5.55. The van der Waals surface area contributed by atoms with Crippen LogP contribution >= 0.6 is 0 Å². The average molecular weight is 232 g/mol. The van der Waals surface area contributed by atoms with E-state index in [4.69, 9.17) is 0 Å². The van der Waals surface area contributed by atoms with Crippen molar-refractivity contribution in [2.24, 2.45) is 0 Å². The molecule has 0 aliphatic carbocycles. The molecule has 2 amide bonds. The maximum atomic E-state index is 12.3. The zero-order chi connectivity index (χ0) is 12.7. The summed E-state index contributed by atoms with van der Waals surface area (Å²) in [5.41, 5.74) is 2.71. The van der Waals surface area contributed by atoms with Crippen molar-refractivity contribution in [3.05, 3.63) is 29.3 Å². The fraction of sp³-hybridized carbons (Fsp3) is 0.385. The van der Waals surface area contributed by atoms with E-state index in [2.05, 4.69) is 0 Å². The summed E-state index contributed by atoms with van der Waals surface area (Å²) >= 11 is 0. The van der Waals surface area contributed by atoms with Crippen LogP contribution in [0.25, 0.3) is 0 Å². The van der Waals surface area contributed by atoms with Gasteiger partial charge in [0.05, 0.1) is 5.69 Å². The number of carbonyl (C=O) groups excluding carboxylic acids is 2. The van der Waals surface area contributed by atoms with Gasteiger partial charge in [-0.2, -0.15) is 0 Å². The third-order valence-electron chi connectivity index (χ3n) is 3.10.